The Morgan fingerprint density at radius 3 is 2.64 bits per heavy atom. The van der Waals surface area contributed by atoms with Crippen LogP contribution in [0.1, 0.15) is 41.1 Å². The number of halogens is 1. The van der Waals surface area contributed by atoms with Crippen molar-refractivity contribution in [2.45, 2.75) is 39.7 Å². The molecule has 3 rings (SSSR count). The number of benzene rings is 1. The molecule has 2 aromatic rings. The van der Waals surface area contributed by atoms with Crippen LogP contribution in [-0.4, -0.2) is 35.6 Å². The lowest BCUT2D eigenvalue weighted by molar-refractivity contribution is -0.133. The Bertz CT molecular complexity index is 692. The van der Waals surface area contributed by atoms with Crippen LogP contribution in [0.2, 0.25) is 0 Å². The molecule has 1 aromatic carbocycles. The van der Waals surface area contributed by atoms with Crippen LogP contribution < -0.4 is 5.32 Å². The van der Waals surface area contributed by atoms with Crippen LogP contribution in [0.4, 0.5) is 0 Å². The Kier molecular flexibility index (Phi) is 6.62. The van der Waals surface area contributed by atoms with Gasteiger partial charge in [0.05, 0.1) is 18.2 Å². The standard InChI is InChI=1S/C19H25N3O2.ClH/c1-4-15-5-7-16(8-6-15)18-12-20-9-10-22(18)19(23)11-17-13(2)21-24-14(17)3;/h5-8,18,20H,4,9-12H2,1-3H3;1H. The molecule has 136 valence electrons. The normalized spacial score (nSPS) is 17.2. The molecular formula is C19H26ClN3O2. The van der Waals surface area contributed by atoms with Gasteiger partial charge >= 0.3 is 0 Å². The second-order valence-electron chi connectivity index (χ2n) is 6.38. The number of aromatic nitrogens is 1. The van der Waals surface area contributed by atoms with Crippen LogP contribution in [0.15, 0.2) is 28.8 Å². The van der Waals surface area contributed by atoms with Crippen LogP contribution in [0.3, 0.4) is 0 Å². The van der Waals surface area contributed by atoms with Gasteiger partial charge in [0.1, 0.15) is 5.76 Å². The lowest BCUT2D eigenvalue weighted by Crippen LogP contribution is -2.49. The maximum absolute atomic E-state index is 12.9. The number of amides is 1. The second-order valence-corrected chi connectivity index (χ2v) is 6.38. The summed E-state index contributed by atoms with van der Waals surface area (Å²) in [4.78, 5) is 14.9. The molecule has 6 heteroatoms. The molecule has 25 heavy (non-hydrogen) atoms. The zero-order chi connectivity index (χ0) is 17.1. The van der Waals surface area contributed by atoms with Crippen molar-refractivity contribution in [3.63, 3.8) is 0 Å². The predicted octanol–water partition coefficient (Wildman–Crippen LogP) is 2.99. The average Bonchev–Trinajstić information content (AvgIpc) is 2.93. The average molecular weight is 364 g/mol. The number of piperazine rings is 1. The smallest absolute Gasteiger partial charge is 0.227 e. The number of aryl methyl sites for hydroxylation is 3. The SMILES string of the molecule is CCc1ccc(C2CNCCN2C(=O)Cc2c(C)noc2C)cc1.Cl. The maximum Gasteiger partial charge on any atom is 0.227 e. The molecule has 5 nitrogen and oxygen atoms in total. The first-order valence-electron chi connectivity index (χ1n) is 8.61. The van der Waals surface area contributed by atoms with Crippen molar-refractivity contribution in [1.29, 1.82) is 0 Å². The van der Waals surface area contributed by atoms with Crippen molar-refractivity contribution >= 4 is 18.3 Å². The van der Waals surface area contributed by atoms with Gasteiger partial charge in [-0.25, -0.2) is 0 Å². The Morgan fingerprint density at radius 2 is 2.04 bits per heavy atom. The van der Waals surface area contributed by atoms with Crippen molar-refractivity contribution in [2.24, 2.45) is 0 Å². The molecule has 1 aromatic heterocycles. The molecule has 1 fully saturated rings. The largest absolute Gasteiger partial charge is 0.361 e. The summed E-state index contributed by atoms with van der Waals surface area (Å²) in [5, 5.41) is 7.36. The quantitative estimate of drug-likeness (QED) is 0.907. The molecule has 2 heterocycles. The van der Waals surface area contributed by atoms with E-state index in [9.17, 15) is 4.79 Å². The molecular weight excluding hydrogens is 338 g/mol. The number of nitrogens with one attached hydrogen (secondary N) is 1. The molecule has 0 bridgehead atoms. The third-order valence-electron chi connectivity index (χ3n) is 4.85. The second kappa shape index (κ2) is 8.50. The Hall–Kier alpha value is -1.85. The topological polar surface area (TPSA) is 58.4 Å². The van der Waals surface area contributed by atoms with E-state index in [-0.39, 0.29) is 24.4 Å². The zero-order valence-corrected chi connectivity index (χ0v) is 15.9. The van der Waals surface area contributed by atoms with Crippen molar-refractivity contribution < 1.29 is 9.32 Å². The van der Waals surface area contributed by atoms with E-state index in [2.05, 4.69) is 41.7 Å². The molecule has 0 saturated carbocycles. The van der Waals surface area contributed by atoms with Crippen LogP contribution in [-0.2, 0) is 17.6 Å². The first-order chi connectivity index (χ1) is 11.6. The summed E-state index contributed by atoms with van der Waals surface area (Å²) in [6, 6.07) is 8.68. The van der Waals surface area contributed by atoms with Crippen LogP contribution in [0.5, 0.6) is 0 Å². The van der Waals surface area contributed by atoms with Gasteiger partial charge in [-0.3, -0.25) is 4.79 Å². The van der Waals surface area contributed by atoms with Gasteiger partial charge in [0.25, 0.3) is 0 Å². The number of hydrogen-bond donors (Lipinski definition) is 1. The van der Waals surface area contributed by atoms with Gasteiger partial charge in [-0.15, -0.1) is 12.4 Å². The van der Waals surface area contributed by atoms with E-state index in [0.29, 0.717) is 6.42 Å². The lowest BCUT2D eigenvalue weighted by atomic mass is 10.00. The summed E-state index contributed by atoms with van der Waals surface area (Å²) in [7, 11) is 0. The number of hydrogen-bond acceptors (Lipinski definition) is 4. The van der Waals surface area contributed by atoms with Gasteiger partial charge in [0.2, 0.25) is 5.91 Å². The minimum absolute atomic E-state index is 0. The molecule has 0 aliphatic carbocycles. The van der Waals surface area contributed by atoms with Crippen molar-refractivity contribution in [3.05, 3.63) is 52.4 Å². The molecule has 1 saturated heterocycles. The Labute approximate surface area is 155 Å². The fourth-order valence-electron chi connectivity index (χ4n) is 3.28. The highest BCUT2D eigenvalue weighted by molar-refractivity contribution is 5.85. The summed E-state index contributed by atoms with van der Waals surface area (Å²) in [5.74, 6) is 0.871. The first-order valence-corrected chi connectivity index (χ1v) is 8.61. The number of rotatable bonds is 4. The van der Waals surface area contributed by atoms with E-state index in [4.69, 9.17) is 4.52 Å². The van der Waals surface area contributed by atoms with Gasteiger partial charge in [0, 0.05) is 25.2 Å². The van der Waals surface area contributed by atoms with E-state index in [1.165, 1.54) is 11.1 Å². The van der Waals surface area contributed by atoms with Gasteiger partial charge in [-0.2, -0.15) is 0 Å². The molecule has 1 atom stereocenters. The molecule has 0 spiro atoms. The molecule has 1 aliphatic heterocycles. The molecule has 1 amide bonds. The fourth-order valence-corrected chi connectivity index (χ4v) is 3.28. The zero-order valence-electron chi connectivity index (χ0n) is 15.0. The lowest BCUT2D eigenvalue weighted by Gasteiger charge is -2.36. The highest BCUT2D eigenvalue weighted by Gasteiger charge is 2.28. The third kappa shape index (κ3) is 4.22. The number of carbonyl (C=O) groups excluding carboxylic acids is 1. The van der Waals surface area contributed by atoms with Crippen LogP contribution in [0.25, 0.3) is 0 Å². The molecule has 1 unspecified atom stereocenters. The highest BCUT2D eigenvalue weighted by atomic mass is 35.5. The van der Waals surface area contributed by atoms with E-state index in [1.54, 1.807) is 0 Å². The van der Waals surface area contributed by atoms with Crippen LogP contribution in [0, 0.1) is 13.8 Å². The minimum atomic E-state index is 0. The van der Waals surface area contributed by atoms with Crippen LogP contribution >= 0.6 is 12.4 Å². The number of nitrogens with zero attached hydrogens (tertiary/aromatic N) is 2. The van der Waals surface area contributed by atoms with Gasteiger partial charge in [0.15, 0.2) is 0 Å². The summed E-state index contributed by atoms with van der Waals surface area (Å²) in [6.07, 6.45) is 1.38. The Morgan fingerprint density at radius 1 is 1.32 bits per heavy atom. The van der Waals surface area contributed by atoms with E-state index >= 15 is 0 Å². The van der Waals surface area contributed by atoms with Crippen molar-refractivity contribution in [2.75, 3.05) is 19.6 Å². The van der Waals surface area contributed by atoms with Crippen molar-refractivity contribution in [1.82, 2.24) is 15.4 Å². The maximum atomic E-state index is 12.9. The summed E-state index contributed by atoms with van der Waals surface area (Å²) < 4.78 is 5.19. The molecule has 0 radical (unpaired) electrons. The summed E-state index contributed by atoms with van der Waals surface area (Å²) >= 11 is 0. The predicted molar refractivity (Wildman–Crippen MR) is 100 cm³/mol. The number of carbonyl (C=O) groups is 1. The highest BCUT2D eigenvalue weighted by Crippen LogP contribution is 2.24. The third-order valence-corrected chi connectivity index (χ3v) is 4.85. The van der Waals surface area contributed by atoms with Gasteiger partial charge in [-0.05, 0) is 31.4 Å². The Balaban J connectivity index is 0.00000225. The van der Waals surface area contributed by atoms with E-state index in [0.717, 1.165) is 43.1 Å². The molecule has 1 N–H and O–H groups in total. The monoisotopic (exact) mass is 363 g/mol. The van der Waals surface area contributed by atoms with E-state index in [1.807, 2.05) is 18.7 Å². The van der Waals surface area contributed by atoms with Gasteiger partial charge < -0.3 is 14.7 Å². The summed E-state index contributed by atoms with van der Waals surface area (Å²) in [6.45, 7) is 8.24. The fraction of sp³-hybridized carbons (Fsp3) is 0.474. The minimum Gasteiger partial charge on any atom is -0.361 e. The van der Waals surface area contributed by atoms with E-state index < -0.39 is 0 Å². The first kappa shape index (κ1) is 19.5. The summed E-state index contributed by atoms with van der Waals surface area (Å²) in [5.41, 5.74) is 4.22. The molecule has 1 aliphatic rings. The van der Waals surface area contributed by atoms with Gasteiger partial charge in [-0.1, -0.05) is 36.3 Å². The van der Waals surface area contributed by atoms with Crippen molar-refractivity contribution in [3.8, 4) is 0 Å².